The van der Waals surface area contributed by atoms with Crippen LogP contribution in [0.2, 0.25) is 0 Å². The standard InChI is InChI=1S/C16H25NO2/c1-14(2)17-19-12-15(3)8-7-11-18-13-16-9-5-4-6-10-16/h4-6,9-10,15H,7-8,11-13H2,1-3H3/t15-/m1/s1. The molecule has 0 aliphatic carbocycles. The highest BCUT2D eigenvalue weighted by Gasteiger charge is 2.02. The van der Waals surface area contributed by atoms with Crippen LogP contribution in [-0.4, -0.2) is 18.9 Å². The topological polar surface area (TPSA) is 30.8 Å². The van der Waals surface area contributed by atoms with Crippen molar-refractivity contribution >= 4 is 5.71 Å². The summed E-state index contributed by atoms with van der Waals surface area (Å²) in [4.78, 5) is 5.23. The van der Waals surface area contributed by atoms with Gasteiger partial charge in [-0.15, -0.1) is 0 Å². The van der Waals surface area contributed by atoms with Crippen LogP contribution in [0.1, 0.15) is 39.2 Å². The molecule has 0 spiro atoms. The lowest BCUT2D eigenvalue weighted by atomic mass is 10.1. The molecule has 0 fully saturated rings. The molecule has 0 radical (unpaired) electrons. The normalized spacial score (nSPS) is 11.9. The summed E-state index contributed by atoms with van der Waals surface area (Å²) in [5.74, 6) is 0.517. The Morgan fingerprint density at radius 1 is 1.21 bits per heavy atom. The van der Waals surface area contributed by atoms with Crippen molar-refractivity contribution in [1.82, 2.24) is 0 Å². The Balaban J connectivity index is 2.00. The summed E-state index contributed by atoms with van der Waals surface area (Å²) in [6, 6.07) is 10.3. The van der Waals surface area contributed by atoms with Crippen LogP contribution in [0.5, 0.6) is 0 Å². The Morgan fingerprint density at radius 3 is 2.63 bits per heavy atom. The van der Waals surface area contributed by atoms with Crippen LogP contribution < -0.4 is 0 Å². The van der Waals surface area contributed by atoms with E-state index < -0.39 is 0 Å². The lowest BCUT2D eigenvalue weighted by molar-refractivity contribution is 0.0908. The van der Waals surface area contributed by atoms with Crippen LogP contribution in [0.3, 0.4) is 0 Å². The first-order valence-corrected chi connectivity index (χ1v) is 6.93. The molecule has 19 heavy (non-hydrogen) atoms. The molecule has 1 aromatic carbocycles. The molecule has 106 valence electrons. The van der Waals surface area contributed by atoms with Gasteiger partial charge in [0.2, 0.25) is 0 Å². The number of hydrogen-bond donors (Lipinski definition) is 0. The van der Waals surface area contributed by atoms with Crippen molar-refractivity contribution in [3.8, 4) is 0 Å². The van der Waals surface area contributed by atoms with E-state index in [2.05, 4.69) is 24.2 Å². The van der Waals surface area contributed by atoms with Gasteiger partial charge < -0.3 is 9.57 Å². The zero-order valence-corrected chi connectivity index (χ0v) is 12.3. The van der Waals surface area contributed by atoms with Gasteiger partial charge in [-0.1, -0.05) is 42.4 Å². The molecule has 0 saturated carbocycles. The predicted molar refractivity (Wildman–Crippen MR) is 79.2 cm³/mol. The van der Waals surface area contributed by atoms with E-state index in [-0.39, 0.29) is 0 Å². The molecule has 0 bridgehead atoms. The highest BCUT2D eigenvalue weighted by molar-refractivity contribution is 5.78. The fourth-order valence-corrected chi connectivity index (χ4v) is 1.68. The molecular formula is C16H25NO2. The number of benzene rings is 1. The van der Waals surface area contributed by atoms with E-state index in [0.717, 1.165) is 25.2 Å². The zero-order chi connectivity index (χ0) is 13.9. The maximum atomic E-state index is 5.64. The van der Waals surface area contributed by atoms with Crippen LogP contribution in [0.25, 0.3) is 0 Å². The molecule has 1 aromatic rings. The zero-order valence-electron chi connectivity index (χ0n) is 12.3. The van der Waals surface area contributed by atoms with Crippen LogP contribution >= 0.6 is 0 Å². The second-order valence-corrected chi connectivity index (χ2v) is 5.12. The summed E-state index contributed by atoms with van der Waals surface area (Å²) in [5, 5.41) is 3.93. The van der Waals surface area contributed by atoms with E-state index in [4.69, 9.17) is 9.57 Å². The van der Waals surface area contributed by atoms with Crippen LogP contribution in [0.4, 0.5) is 0 Å². The van der Waals surface area contributed by atoms with E-state index in [0.29, 0.717) is 19.1 Å². The minimum absolute atomic E-state index is 0.517. The lowest BCUT2D eigenvalue weighted by Crippen LogP contribution is -2.06. The highest BCUT2D eigenvalue weighted by atomic mass is 16.6. The van der Waals surface area contributed by atoms with E-state index in [9.17, 15) is 0 Å². The molecular weight excluding hydrogens is 238 g/mol. The minimum atomic E-state index is 0.517. The third-order valence-electron chi connectivity index (χ3n) is 2.70. The van der Waals surface area contributed by atoms with Gasteiger partial charge in [0.05, 0.1) is 12.3 Å². The highest BCUT2D eigenvalue weighted by Crippen LogP contribution is 2.07. The fourth-order valence-electron chi connectivity index (χ4n) is 1.68. The summed E-state index contributed by atoms with van der Waals surface area (Å²) in [5.41, 5.74) is 2.19. The predicted octanol–water partition coefficient (Wildman–Crippen LogP) is 4.03. The molecule has 1 atom stereocenters. The summed E-state index contributed by atoms with van der Waals surface area (Å²) in [6.07, 6.45) is 2.17. The van der Waals surface area contributed by atoms with Crippen molar-refractivity contribution in [3.05, 3.63) is 35.9 Å². The van der Waals surface area contributed by atoms with Gasteiger partial charge in [-0.05, 0) is 38.2 Å². The Hall–Kier alpha value is -1.35. The third kappa shape index (κ3) is 8.38. The van der Waals surface area contributed by atoms with Crippen molar-refractivity contribution in [2.45, 2.75) is 40.2 Å². The molecule has 0 aliphatic rings. The van der Waals surface area contributed by atoms with Gasteiger partial charge in [0.25, 0.3) is 0 Å². The van der Waals surface area contributed by atoms with Gasteiger partial charge in [0.1, 0.15) is 6.61 Å². The first kappa shape index (κ1) is 15.7. The van der Waals surface area contributed by atoms with Gasteiger partial charge >= 0.3 is 0 Å². The van der Waals surface area contributed by atoms with Crippen LogP contribution in [0.15, 0.2) is 35.5 Å². The Bertz CT molecular complexity index is 358. The Morgan fingerprint density at radius 2 is 1.95 bits per heavy atom. The van der Waals surface area contributed by atoms with Crippen molar-refractivity contribution in [2.24, 2.45) is 11.1 Å². The average molecular weight is 263 g/mol. The van der Waals surface area contributed by atoms with E-state index >= 15 is 0 Å². The summed E-state index contributed by atoms with van der Waals surface area (Å²) >= 11 is 0. The first-order chi connectivity index (χ1) is 9.18. The molecule has 0 saturated heterocycles. The summed E-state index contributed by atoms with van der Waals surface area (Å²) < 4.78 is 5.64. The van der Waals surface area contributed by atoms with Crippen molar-refractivity contribution in [3.63, 3.8) is 0 Å². The first-order valence-electron chi connectivity index (χ1n) is 6.93. The maximum Gasteiger partial charge on any atom is 0.119 e. The monoisotopic (exact) mass is 263 g/mol. The lowest BCUT2D eigenvalue weighted by Gasteiger charge is -2.10. The average Bonchev–Trinajstić information content (AvgIpc) is 2.39. The Kier molecular flexibility index (Phi) is 7.91. The van der Waals surface area contributed by atoms with E-state index in [1.54, 1.807) is 0 Å². The molecule has 0 heterocycles. The SMILES string of the molecule is CC(C)=NOC[C@H](C)CCCOCc1ccccc1. The van der Waals surface area contributed by atoms with E-state index in [1.807, 2.05) is 32.0 Å². The molecule has 0 aliphatic heterocycles. The number of nitrogens with zero attached hydrogens (tertiary/aromatic N) is 1. The second kappa shape index (κ2) is 9.56. The van der Waals surface area contributed by atoms with Crippen LogP contribution in [0, 0.1) is 5.92 Å². The third-order valence-corrected chi connectivity index (χ3v) is 2.70. The molecule has 1 rings (SSSR count). The van der Waals surface area contributed by atoms with Crippen molar-refractivity contribution in [1.29, 1.82) is 0 Å². The Labute approximate surface area is 116 Å². The molecule has 0 amide bonds. The fraction of sp³-hybridized carbons (Fsp3) is 0.562. The molecule has 0 N–H and O–H groups in total. The minimum Gasteiger partial charge on any atom is -0.396 e. The number of rotatable bonds is 9. The molecule has 3 nitrogen and oxygen atoms in total. The van der Waals surface area contributed by atoms with Crippen LogP contribution in [-0.2, 0) is 16.2 Å². The van der Waals surface area contributed by atoms with Gasteiger partial charge in [-0.25, -0.2) is 0 Å². The van der Waals surface area contributed by atoms with Crippen molar-refractivity contribution < 1.29 is 9.57 Å². The number of ether oxygens (including phenoxy) is 1. The van der Waals surface area contributed by atoms with Crippen molar-refractivity contribution in [2.75, 3.05) is 13.2 Å². The van der Waals surface area contributed by atoms with Gasteiger partial charge in [-0.2, -0.15) is 0 Å². The molecule has 0 unspecified atom stereocenters. The number of hydrogen-bond acceptors (Lipinski definition) is 3. The molecule has 3 heteroatoms. The summed E-state index contributed by atoms with van der Waals surface area (Å²) in [6.45, 7) is 8.23. The number of oxime groups is 1. The second-order valence-electron chi connectivity index (χ2n) is 5.12. The smallest absolute Gasteiger partial charge is 0.119 e. The summed E-state index contributed by atoms with van der Waals surface area (Å²) in [7, 11) is 0. The van der Waals surface area contributed by atoms with Gasteiger partial charge in [-0.3, -0.25) is 0 Å². The molecule has 0 aromatic heterocycles. The van der Waals surface area contributed by atoms with Gasteiger partial charge in [0, 0.05) is 6.61 Å². The quantitative estimate of drug-likeness (QED) is 0.382. The van der Waals surface area contributed by atoms with Gasteiger partial charge in [0.15, 0.2) is 0 Å². The maximum absolute atomic E-state index is 5.64. The van der Waals surface area contributed by atoms with E-state index in [1.165, 1.54) is 5.56 Å². The largest absolute Gasteiger partial charge is 0.396 e.